The molecule has 0 aliphatic rings. The Balaban J connectivity index is 3.22. The van der Waals surface area contributed by atoms with Crippen LogP contribution in [0.2, 0.25) is 0 Å². The molecule has 0 fully saturated rings. The quantitative estimate of drug-likeness (QED) is 0.565. The molecular weight excluding hydrogens is 135 g/mol. The van der Waals surface area contributed by atoms with E-state index in [2.05, 4.69) is 4.74 Å². The lowest BCUT2D eigenvalue weighted by molar-refractivity contribution is -0.144. The number of hydrogen-bond donors (Lipinski definition) is 0. The van der Waals surface area contributed by atoms with Gasteiger partial charge in [0.1, 0.15) is 0 Å². The zero-order valence-corrected chi connectivity index (χ0v) is 6.39. The first-order valence-corrected chi connectivity index (χ1v) is 3.38. The fourth-order valence-corrected chi connectivity index (χ4v) is 0.409. The zero-order chi connectivity index (χ0) is 7.98. The summed E-state index contributed by atoms with van der Waals surface area (Å²) in [6.07, 6.45) is -0.118. The van der Waals surface area contributed by atoms with Crippen molar-refractivity contribution in [2.75, 3.05) is 13.3 Å². The zero-order valence-electron chi connectivity index (χ0n) is 6.39. The number of halogens is 1. The van der Waals surface area contributed by atoms with Crippen LogP contribution in [-0.2, 0) is 9.53 Å². The van der Waals surface area contributed by atoms with E-state index in [-0.39, 0.29) is 6.42 Å². The Morgan fingerprint density at radius 3 is 2.60 bits per heavy atom. The molecule has 0 aliphatic heterocycles. The first kappa shape index (κ1) is 9.40. The molecule has 0 rings (SSSR count). The van der Waals surface area contributed by atoms with Crippen LogP contribution in [0.4, 0.5) is 4.39 Å². The normalized spacial score (nSPS) is 10.0. The standard InChI is InChI=1S/C7H13FO2/c1-6(2)5-10-7(9)3-4-8/h6H,3-5H2,1-2H3. The third-order valence-electron chi connectivity index (χ3n) is 0.876. The molecule has 10 heavy (non-hydrogen) atoms. The predicted molar refractivity (Wildman–Crippen MR) is 36.4 cm³/mol. The highest BCUT2D eigenvalue weighted by atomic mass is 19.1. The van der Waals surface area contributed by atoms with Crippen LogP contribution < -0.4 is 0 Å². The minimum atomic E-state index is -0.628. The summed E-state index contributed by atoms with van der Waals surface area (Å²) in [4.78, 5) is 10.5. The molecule has 0 aromatic heterocycles. The molecular formula is C7H13FO2. The van der Waals surface area contributed by atoms with Gasteiger partial charge in [0.25, 0.3) is 0 Å². The van der Waals surface area contributed by atoms with Crippen LogP contribution >= 0.6 is 0 Å². The first-order chi connectivity index (χ1) is 4.66. The Kier molecular flexibility index (Phi) is 4.89. The highest BCUT2D eigenvalue weighted by Crippen LogP contribution is 1.94. The highest BCUT2D eigenvalue weighted by molar-refractivity contribution is 5.69. The van der Waals surface area contributed by atoms with Crippen LogP contribution in [0, 0.1) is 5.92 Å². The molecule has 60 valence electrons. The molecule has 0 spiro atoms. The van der Waals surface area contributed by atoms with Crippen LogP contribution in [0.5, 0.6) is 0 Å². The summed E-state index contributed by atoms with van der Waals surface area (Å²) >= 11 is 0. The van der Waals surface area contributed by atoms with Crippen molar-refractivity contribution in [1.29, 1.82) is 0 Å². The molecule has 0 saturated heterocycles. The van der Waals surface area contributed by atoms with E-state index in [4.69, 9.17) is 0 Å². The number of carbonyl (C=O) groups is 1. The highest BCUT2D eigenvalue weighted by Gasteiger charge is 2.02. The largest absolute Gasteiger partial charge is 0.465 e. The summed E-state index contributed by atoms with van der Waals surface area (Å²) in [6.45, 7) is 3.63. The molecule has 0 aromatic rings. The van der Waals surface area contributed by atoms with Crippen LogP contribution in [0.15, 0.2) is 0 Å². The number of hydrogen-bond acceptors (Lipinski definition) is 2. The van der Waals surface area contributed by atoms with Crippen molar-refractivity contribution in [2.24, 2.45) is 5.92 Å². The van der Waals surface area contributed by atoms with Gasteiger partial charge in [0, 0.05) is 0 Å². The van der Waals surface area contributed by atoms with Gasteiger partial charge in [-0.15, -0.1) is 0 Å². The summed E-state index contributed by atoms with van der Waals surface area (Å²) in [7, 11) is 0. The lowest BCUT2D eigenvalue weighted by Gasteiger charge is -2.04. The molecule has 0 atom stereocenters. The van der Waals surface area contributed by atoms with Crippen LogP contribution in [0.3, 0.4) is 0 Å². The van der Waals surface area contributed by atoms with Gasteiger partial charge >= 0.3 is 5.97 Å². The number of alkyl halides is 1. The maximum absolute atomic E-state index is 11.5. The van der Waals surface area contributed by atoms with E-state index < -0.39 is 12.6 Å². The van der Waals surface area contributed by atoms with Gasteiger partial charge in [0.2, 0.25) is 0 Å². The summed E-state index contributed by atoms with van der Waals surface area (Å²) in [5.41, 5.74) is 0. The average molecular weight is 148 g/mol. The van der Waals surface area contributed by atoms with Crippen LogP contribution in [0.25, 0.3) is 0 Å². The predicted octanol–water partition coefficient (Wildman–Crippen LogP) is 1.55. The van der Waals surface area contributed by atoms with Crippen molar-refractivity contribution in [2.45, 2.75) is 20.3 Å². The Morgan fingerprint density at radius 1 is 1.60 bits per heavy atom. The molecule has 0 unspecified atom stereocenters. The molecule has 0 bridgehead atoms. The third-order valence-corrected chi connectivity index (χ3v) is 0.876. The summed E-state index contributed by atoms with van der Waals surface area (Å²) in [5, 5.41) is 0. The van der Waals surface area contributed by atoms with E-state index >= 15 is 0 Å². The van der Waals surface area contributed by atoms with Crippen molar-refractivity contribution >= 4 is 5.97 Å². The summed E-state index contributed by atoms with van der Waals surface area (Å²) in [5.74, 6) is -0.125. The lowest BCUT2D eigenvalue weighted by atomic mass is 10.2. The molecule has 0 aliphatic carbocycles. The Hall–Kier alpha value is -0.600. The van der Waals surface area contributed by atoms with Crippen molar-refractivity contribution in [3.63, 3.8) is 0 Å². The van der Waals surface area contributed by atoms with E-state index in [0.29, 0.717) is 12.5 Å². The summed E-state index contributed by atoms with van der Waals surface area (Å²) in [6, 6.07) is 0. The van der Waals surface area contributed by atoms with Gasteiger partial charge in [-0.2, -0.15) is 0 Å². The molecule has 0 N–H and O–H groups in total. The van der Waals surface area contributed by atoms with Crippen LogP contribution in [0.1, 0.15) is 20.3 Å². The smallest absolute Gasteiger partial charge is 0.308 e. The number of ether oxygens (including phenoxy) is 1. The summed E-state index contributed by atoms with van der Waals surface area (Å²) < 4.78 is 16.1. The van der Waals surface area contributed by atoms with Gasteiger partial charge in [-0.3, -0.25) is 9.18 Å². The van der Waals surface area contributed by atoms with Crippen molar-refractivity contribution in [1.82, 2.24) is 0 Å². The van der Waals surface area contributed by atoms with E-state index in [1.807, 2.05) is 13.8 Å². The fraction of sp³-hybridized carbons (Fsp3) is 0.857. The Labute approximate surface area is 60.4 Å². The fourth-order valence-electron chi connectivity index (χ4n) is 0.409. The van der Waals surface area contributed by atoms with Gasteiger partial charge in [-0.25, -0.2) is 0 Å². The van der Waals surface area contributed by atoms with Gasteiger partial charge in [-0.1, -0.05) is 13.8 Å². The van der Waals surface area contributed by atoms with Crippen LogP contribution in [-0.4, -0.2) is 19.3 Å². The lowest BCUT2D eigenvalue weighted by Crippen LogP contribution is -2.09. The Morgan fingerprint density at radius 2 is 2.20 bits per heavy atom. The molecule has 0 heterocycles. The molecule has 2 nitrogen and oxygen atoms in total. The van der Waals surface area contributed by atoms with Crippen molar-refractivity contribution < 1.29 is 13.9 Å². The minimum Gasteiger partial charge on any atom is -0.465 e. The molecule has 0 aromatic carbocycles. The van der Waals surface area contributed by atoms with Gasteiger partial charge < -0.3 is 4.74 Å². The van der Waals surface area contributed by atoms with E-state index in [1.54, 1.807) is 0 Å². The molecule has 0 saturated carbocycles. The van der Waals surface area contributed by atoms with Gasteiger partial charge in [0.15, 0.2) is 0 Å². The number of esters is 1. The van der Waals surface area contributed by atoms with E-state index in [0.717, 1.165) is 0 Å². The topological polar surface area (TPSA) is 26.3 Å². The average Bonchev–Trinajstić information content (AvgIpc) is 1.85. The monoisotopic (exact) mass is 148 g/mol. The second kappa shape index (κ2) is 5.21. The SMILES string of the molecule is CC(C)COC(=O)CCF. The van der Waals surface area contributed by atoms with Gasteiger partial charge in [0.05, 0.1) is 19.7 Å². The molecule has 3 heteroatoms. The second-order valence-corrected chi connectivity index (χ2v) is 2.52. The maximum atomic E-state index is 11.5. The molecule has 0 amide bonds. The van der Waals surface area contributed by atoms with Gasteiger partial charge in [-0.05, 0) is 5.92 Å². The molecule has 0 radical (unpaired) electrons. The van der Waals surface area contributed by atoms with E-state index in [1.165, 1.54) is 0 Å². The maximum Gasteiger partial charge on any atom is 0.308 e. The number of rotatable bonds is 4. The Bertz CT molecular complexity index is 102. The second-order valence-electron chi connectivity index (χ2n) is 2.52. The van der Waals surface area contributed by atoms with Crippen molar-refractivity contribution in [3.05, 3.63) is 0 Å². The minimum absolute atomic E-state index is 0.118. The number of carbonyl (C=O) groups excluding carboxylic acids is 1. The van der Waals surface area contributed by atoms with Crippen molar-refractivity contribution in [3.8, 4) is 0 Å². The first-order valence-electron chi connectivity index (χ1n) is 3.38. The third kappa shape index (κ3) is 5.54. The van der Waals surface area contributed by atoms with E-state index in [9.17, 15) is 9.18 Å².